The molecule has 1 amide bonds. The molecule has 3 rings (SSSR count). The summed E-state index contributed by atoms with van der Waals surface area (Å²) >= 11 is 0. The molecule has 2 aliphatic rings. The first-order valence-corrected chi connectivity index (χ1v) is 10.9. The predicted molar refractivity (Wildman–Crippen MR) is 123 cm³/mol. The smallest absolute Gasteiger partial charge is 0.236 e. The maximum Gasteiger partial charge on any atom is 0.236 e. The molecule has 3 heterocycles. The topological polar surface area (TPSA) is 63.5 Å². The zero-order valence-corrected chi connectivity index (χ0v) is 18.6. The summed E-state index contributed by atoms with van der Waals surface area (Å²) in [4.78, 5) is 24.2. The quantitative estimate of drug-likeness (QED) is 0.734. The van der Waals surface area contributed by atoms with Crippen molar-refractivity contribution in [2.24, 2.45) is 11.8 Å². The van der Waals surface area contributed by atoms with Crippen molar-refractivity contribution >= 4 is 23.3 Å². The summed E-state index contributed by atoms with van der Waals surface area (Å²) in [6.45, 7) is 14.5. The molecular formula is C24H35N5O. The van der Waals surface area contributed by atoms with E-state index in [2.05, 4.69) is 35.3 Å². The van der Waals surface area contributed by atoms with Gasteiger partial charge in [-0.3, -0.25) is 14.7 Å². The predicted octanol–water partition coefficient (Wildman–Crippen LogP) is 2.88. The van der Waals surface area contributed by atoms with E-state index >= 15 is 0 Å². The summed E-state index contributed by atoms with van der Waals surface area (Å²) in [5.74, 6) is 0.863. The second-order valence-corrected chi connectivity index (χ2v) is 8.73. The van der Waals surface area contributed by atoms with Crippen molar-refractivity contribution in [3.63, 3.8) is 0 Å². The van der Waals surface area contributed by atoms with Crippen LogP contribution in [-0.2, 0) is 4.79 Å². The molecule has 0 spiro atoms. The minimum atomic E-state index is 0.206. The van der Waals surface area contributed by atoms with Crippen LogP contribution in [0.25, 0.3) is 11.1 Å². The maximum absolute atomic E-state index is 13.1. The van der Waals surface area contributed by atoms with Gasteiger partial charge in [-0.1, -0.05) is 25.6 Å². The molecule has 1 aromatic heterocycles. The van der Waals surface area contributed by atoms with Crippen LogP contribution in [0, 0.1) is 17.2 Å². The fourth-order valence-electron chi connectivity index (χ4n) is 4.51. The van der Waals surface area contributed by atoms with Gasteiger partial charge in [-0.15, -0.1) is 0 Å². The molecule has 0 radical (unpaired) electrons. The van der Waals surface area contributed by atoms with Crippen molar-refractivity contribution in [1.82, 2.24) is 19.7 Å². The van der Waals surface area contributed by atoms with E-state index in [0.29, 0.717) is 19.0 Å². The van der Waals surface area contributed by atoms with E-state index < -0.39 is 0 Å². The van der Waals surface area contributed by atoms with Crippen molar-refractivity contribution in [2.75, 3.05) is 52.9 Å². The van der Waals surface area contributed by atoms with Gasteiger partial charge in [0.1, 0.15) is 0 Å². The monoisotopic (exact) mass is 409 g/mol. The van der Waals surface area contributed by atoms with Gasteiger partial charge in [-0.2, -0.15) is 0 Å². The van der Waals surface area contributed by atoms with Crippen molar-refractivity contribution in [3.05, 3.63) is 42.2 Å². The second kappa shape index (κ2) is 10.1. The number of likely N-dealkylation sites (N-methyl/N-ethyl adjacent to an activating group) is 1. The van der Waals surface area contributed by atoms with Gasteiger partial charge < -0.3 is 15.2 Å². The minimum Gasteiger partial charge on any atom is -0.341 e. The Kier molecular flexibility index (Phi) is 7.56. The summed E-state index contributed by atoms with van der Waals surface area (Å²) in [6.07, 6.45) is 6.02. The number of pyridine rings is 1. The van der Waals surface area contributed by atoms with Crippen LogP contribution in [-0.4, -0.2) is 84.7 Å². The lowest BCUT2D eigenvalue weighted by atomic mass is 9.82. The molecule has 30 heavy (non-hydrogen) atoms. The Balaban J connectivity index is 1.72. The number of piperazine rings is 1. The van der Waals surface area contributed by atoms with E-state index in [1.165, 1.54) is 6.21 Å². The number of allylic oxidation sites excluding steroid dienone is 2. The van der Waals surface area contributed by atoms with Gasteiger partial charge in [0.15, 0.2) is 0 Å². The van der Waals surface area contributed by atoms with E-state index in [0.717, 1.165) is 61.5 Å². The molecule has 0 unspecified atom stereocenters. The molecule has 0 aliphatic carbocycles. The number of hydrogen-bond donors (Lipinski definition) is 1. The number of nitrogens with one attached hydrogen (secondary N) is 1. The Morgan fingerprint density at radius 2 is 2.03 bits per heavy atom. The van der Waals surface area contributed by atoms with Crippen LogP contribution >= 0.6 is 0 Å². The molecular weight excluding hydrogens is 374 g/mol. The summed E-state index contributed by atoms with van der Waals surface area (Å²) in [5, 5.41) is 7.71. The zero-order chi connectivity index (χ0) is 21.7. The average molecular weight is 410 g/mol. The van der Waals surface area contributed by atoms with Crippen molar-refractivity contribution < 1.29 is 4.79 Å². The molecule has 6 heteroatoms. The lowest BCUT2D eigenvalue weighted by Gasteiger charge is -2.39. The van der Waals surface area contributed by atoms with Crippen LogP contribution in [0.1, 0.15) is 31.5 Å². The number of aromatic nitrogens is 1. The van der Waals surface area contributed by atoms with Gasteiger partial charge in [0.05, 0.1) is 12.2 Å². The first-order valence-electron chi connectivity index (χ1n) is 10.9. The zero-order valence-electron chi connectivity index (χ0n) is 18.6. The molecule has 0 aromatic carbocycles. The standard InChI is InChI=1S/C24H35N5O/c1-5-20(14-25)24-22(7-6-8-26-24)19(3)21-13-18(2)15-29(16-21)23(30)17-28-11-9-27(4)10-12-28/h5-8,14,18,21,25H,3,9-13,15-17H2,1-2,4H3/b20-5-,25-14?/t18-,21+/m1/s1. The van der Waals surface area contributed by atoms with E-state index in [4.69, 9.17) is 5.41 Å². The molecule has 1 aromatic rings. The lowest BCUT2D eigenvalue weighted by molar-refractivity contribution is -0.135. The fraction of sp³-hybridized carbons (Fsp3) is 0.542. The van der Waals surface area contributed by atoms with Crippen LogP contribution < -0.4 is 0 Å². The number of amides is 1. The molecule has 1 N–H and O–H groups in total. The minimum absolute atomic E-state index is 0.206. The Hall–Kier alpha value is -2.31. The number of carbonyl (C=O) groups excluding carboxylic acids is 1. The molecule has 2 aliphatic heterocycles. The number of carbonyl (C=O) groups is 1. The molecule has 0 saturated carbocycles. The van der Waals surface area contributed by atoms with Gasteiger partial charge in [-0.05, 0) is 37.9 Å². The van der Waals surface area contributed by atoms with E-state index in [1.807, 2.05) is 30.0 Å². The third kappa shape index (κ3) is 5.24. The molecule has 162 valence electrons. The molecule has 2 atom stereocenters. The SMILES string of the molecule is C=C(c1cccnc1/C(C=N)=C\C)[C@H]1C[C@@H](C)CN(C(=O)CN2CCN(C)CC2)C1. The third-order valence-corrected chi connectivity index (χ3v) is 6.35. The normalized spacial score (nSPS) is 24.0. The Labute approximate surface area is 180 Å². The van der Waals surface area contributed by atoms with Crippen LogP contribution in [0.4, 0.5) is 0 Å². The highest BCUT2D eigenvalue weighted by Crippen LogP contribution is 2.34. The number of nitrogens with zero attached hydrogens (tertiary/aromatic N) is 4. The largest absolute Gasteiger partial charge is 0.341 e. The van der Waals surface area contributed by atoms with Crippen LogP contribution in [0.2, 0.25) is 0 Å². The Morgan fingerprint density at radius 3 is 2.70 bits per heavy atom. The highest BCUT2D eigenvalue weighted by Gasteiger charge is 2.31. The van der Waals surface area contributed by atoms with E-state index in [9.17, 15) is 4.79 Å². The van der Waals surface area contributed by atoms with Gasteiger partial charge in [0.2, 0.25) is 5.91 Å². The lowest BCUT2D eigenvalue weighted by Crippen LogP contribution is -2.51. The Bertz CT molecular complexity index is 810. The fourth-order valence-corrected chi connectivity index (χ4v) is 4.51. The van der Waals surface area contributed by atoms with Gasteiger partial charge >= 0.3 is 0 Å². The van der Waals surface area contributed by atoms with Gasteiger partial charge in [-0.25, -0.2) is 0 Å². The van der Waals surface area contributed by atoms with Crippen molar-refractivity contribution in [1.29, 1.82) is 5.41 Å². The number of piperidine rings is 1. The van der Waals surface area contributed by atoms with Crippen LogP contribution in [0.3, 0.4) is 0 Å². The average Bonchev–Trinajstić information content (AvgIpc) is 2.75. The summed E-state index contributed by atoms with van der Waals surface area (Å²) < 4.78 is 0. The van der Waals surface area contributed by atoms with Crippen LogP contribution in [0.15, 0.2) is 31.0 Å². The number of likely N-dealkylation sites (tertiary alicyclic amines) is 1. The summed E-state index contributed by atoms with van der Waals surface area (Å²) in [7, 11) is 2.13. The highest BCUT2D eigenvalue weighted by molar-refractivity contribution is 6.09. The van der Waals surface area contributed by atoms with Crippen molar-refractivity contribution in [2.45, 2.75) is 20.3 Å². The van der Waals surface area contributed by atoms with E-state index in [1.54, 1.807) is 6.20 Å². The number of rotatable bonds is 6. The highest BCUT2D eigenvalue weighted by atomic mass is 16.2. The Morgan fingerprint density at radius 1 is 1.30 bits per heavy atom. The maximum atomic E-state index is 13.1. The summed E-state index contributed by atoms with van der Waals surface area (Å²) in [6, 6.07) is 3.96. The molecule has 6 nitrogen and oxygen atoms in total. The molecule has 2 fully saturated rings. The van der Waals surface area contributed by atoms with Gasteiger partial charge in [0.25, 0.3) is 0 Å². The molecule has 0 bridgehead atoms. The van der Waals surface area contributed by atoms with Crippen LogP contribution in [0.5, 0.6) is 0 Å². The molecule has 2 saturated heterocycles. The number of hydrogen-bond acceptors (Lipinski definition) is 5. The van der Waals surface area contributed by atoms with Crippen molar-refractivity contribution in [3.8, 4) is 0 Å². The van der Waals surface area contributed by atoms with E-state index in [-0.39, 0.29) is 11.8 Å². The second-order valence-electron chi connectivity index (χ2n) is 8.73. The first kappa shape index (κ1) is 22.4. The summed E-state index contributed by atoms with van der Waals surface area (Å²) in [5.41, 5.74) is 3.59. The third-order valence-electron chi connectivity index (χ3n) is 6.35. The van der Waals surface area contributed by atoms with Gasteiger partial charge in [0, 0.05) is 68.7 Å². The first-order chi connectivity index (χ1) is 14.4.